The van der Waals surface area contributed by atoms with Crippen LogP contribution in [-0.4, -0.2) is 23.3 Å². The monoisotopic (exact) mass is 286 g/mol. The highest BCUT2D eigenvalue weighted by Crippen LogP contribution is 2.24. The predicted molar refractivity (Wildman–Crippen MR) is 79.6 cm³/mol. The van der Waals surface area contributed by atoms with E-state index in [1.54, 1.807) is 25.3 Å². The van der Waals surface area contributed by atoms with Crippen molar-refractivity contribution in [2.75, 3.05) is 7.11 Å². The summed E-state index contributed by atoms with van der Waals surface area (Å²) in [4.78, 5) is 11.5. The molecule has 4 nitrogen and oxygen atoms in total. The number of hydrogen-bond donors (Lipinski definition) is 2. The van der Waals surface area contributed by atoms with Crippen LogP contribution in [0.25, 0.3) is 0 Å². The second-order valence-corrected chi connectivity index (χ2v) is 4.93. The zero-order chi connectivity index (χ0) is 15.2. The summed E-state index contributed by atoms with van der Waals surface area (Å²) in [5.41, 5.74) is 1.67. The summed E-state index contributed by atoms with van der Waals surface area (Å²) in [5, 5.41) is 18.9. The van der Waals surface area contributed by atoms with Gasteiger partial charge >= 0.3 is 5.97 Å². The Morgan fingerprint density at radius 1 is 1.14 bits per heavy atom. The molecule has 0 saturated heterocycles. The summed E-state index contributed by atoms with van der Waals surface area (Å²) < 4.78 is 5.26. The number of carboxylic acids is 1. The fourth-order valence-electron chi connectivity index (χ4n) is 2.35. The number of hydrogen-bond acceptors (Lipinski definition) is 3. The van der Waals surface area contributed by atoms with Crippen molar-refractivity contribution in [2.24, 2.45) is 5.92 Å². The van der Waals surface area contributed by atoms with Crippen LogP contribution in [0.5, 0.6) is 11.5 Å². The molecule has 0 amide bonds. The van der Waals surface area contributed by atoms with E-state index in [-0.39, 0.29) is 5.75 Å². The van der Waals surface area contributed by atoms with Gasteiger partial charge in [-0.05, 0) is 42.2 Å². The van der Waals surface area contributed by atoms with Gasteiger partial charge in [0.05, 0.1) is 13.0 Å². The van der Waals surface area contributed by atoms with E-state index < -0.39 is 11.9 Å². The predicted octanol–water partition coefficient (Wildman–Crippen LogP) is 2.89. The largest absolute Gasteiger partial charge is 0.508 e. The molecular formula is C17H18O4. The molecule has 0 heterocycles. The van der Waals surface area contributed by atoms with Crippen molar-refractivity contribution < 1.29 is 19.7 Å². The van der Waals surface area contributed by atoms with Gasteiger partial charge in [0.25, 0.3) is 0 Å². The molecule has 2 aromatic rings. The van der Waals surface area contributed by atoms with Gasteiger partial charge in [-0.15, -0.1) is 0 Å². The van der Waals surface area contributed by atoms with Crippen LogP contribution in [0.4, 0.5) is 0 Å². The number of carboxylic acid groups (broad SMARTS) is 1. The number of benzene rings is 2. The Morgan fingerprint density at radius 3 is 2.57 bits per heavy atom. The maximum atomic E-state index is 11.5. The van der Waals surface area contributed by atoms with Gasteiger partial charge in [-0.25, -0.2) is 0 Å². The lowest BCUT2D eigenvalue weighted by atomic mass is 9.92. The van der Waals surface area contributed by atoms with Crippen LogP contribution in [0.2, 0.25) is 0 Å². The maximum absolute atomic E-state index is 11.5. The number of phenols is 1. The molecule has 0 aliphatic carbocycles. The molecule has 2 N–H and O–H groups in total. The molecule has 0 aromatic heterocycles. The van der Waals surface area contributed by atoms with E-state index in [1.165, 1.54) is 0 Å². The summed E-state index contributed by atoms with van der Waals surface area (Å²) in [6, 6.07) is 14.1. The highest BCUT2D eigenvalue weighted by atomic mass is 16.5. The van der Waals surface area contributed by atoms with E-state index >= 15 is 0 Å². The lowest BCUT2D eigenvalue weighted by Gasteiger charge is -2.15. The van der Waals surface area contributed by atoms with Crippen LogP contribution in [-0.2, 0) is 17.6 Å². The van der Waals surface area contributed by atoms with Crippen molar-refractivity contribution in [3.8, 4) is 11.5 Å². The Kier molecular flexibility index (Phi) is 4.82. The van der Waals surface area contributed by atoms with Crippen molar-refractivity contribution in [1.82, 2.24) is 0 Å². The normalized spacial score (nSPS) is 11.9. The number of aromatic hydroxyl groups is 1. The number of rotatable bonds is 6. The molecule has 1 unspecified atom stereocenters. The quantitative estimate of drug-likeness (QED) is 0.857. The zero-order valence-electron chi connectivity index (χ0n) is 11.8. The molecule has 2 aromatic carbocycles. The summed E-state index contributed by atoms with van der Waals surface area (Å²) in [5.74, 6) is -0.582. The van der Waals surface area contributed by atoms with Gasteiger partial charge in [-0.3, -0.25) is 4.79 Å². The van der Waals surface area contributed by atoms with Gasteiger partial charge in [0.1, 0.15) is 11.5 Å². The Morgan fingerprint density at radius 2 is 1.90 bits per heavy atom. The lowest BCUT2D eigenvalue weighted by molar-refractivity contribution is -0.141. The van der Waals surface area contributed by atoms with Crippen LogP contribution in [0.1, 0.15) is 11.1 Å². The second kappa shape index (κ2) is 6.79. The van der Waals surface area contributed by atoms with Gasteiger partial charge in [-0.1, -0.05) is 30.3 Å². The first kappa shape index (κ1) is 14.9. The molecule has 0 aliphatic heterocycles. The van der Waals surface area contributed by atoms with Crippen molar-refractivity contribution in [2.45, 2.75) is 12.8 Å². The first-order chi connectivity index (χ1) is 10.1. The molecule has 0 spiro atoms. The molecule has 0 bridgehead atoms. The molecule has 21 heavy (non-hydrogen) atoms. The summed E-state index contributed by atoms with van der Waals surface area (Å²) in [7, 11) is 1.57. The maximum Gasteiger partial charge on any atom is 0.307 e. The average Bonchev–Trinajstić information content (AvgIpc) is 2.47. The standard InChI is InChI=1S/C17H18O4/c1-21-16-8-3-2-6-13(16)11-14(17(19)20)9-12-5-4-7-15(18)10-12/h2-8,10,14,18H,9,11H2,1H3,(H,19,20). The van der Waals surface area contributed by atoms with E-state index in [0.29, 0.717) is 18.6 Å². The SMILES string of the molecule is COc1ccccc1CC(Cc1cccc(O)c1)C(=O)O. The summed E-state index contributed by atoms with van der Waals surface area (Å²) >= 11 is 0. The molecule has 0 fully saturated rings. The van der Waals surface area contributed by atoms with E-state index in [1.807, 2.05) is 30.3 Å². The van der Waals surface area contributed by atoms with Crippen LogP contribution in [0.3, 0.4) is 0 Å². The zero-order valence-corrected chi connectivity index (χ0v) is 11.8. The summed E-state index contributed by atoms with van der Waals surface area (Å²) in [6.45, 7) is 0. The minimum absolute atomic E-state index is 0.147. The Balaban J connectivity index is 2.18. The molecule has 1 atom stereocenters. The third-order valence-electron chi connectivity index (χ3n) is 3.40. The average molecular weight is 286 g/mol. The lowest BCUT2D eigenvalue weighted by Crippen LogP contribution is -2.19. The Bertz CT molecular complexity index is 622. The smallest absolute Gasteiger partial charge is 0.307 e. The molecule has 0 saturated carbocycles. The number of phenolic OH excluding ortho intramolecular Hbond substituents is 1. The molecule has 0 radical (unpaired) electrons. The van der Waals surface area contributed by atoms with E-state index in [4.69, 9.17) is 4.74 Å². The van der Waals surface area contributed by atoms with Gasteiger partial charge in [0, 0.05) is 0 Å². The van der Waals surface area contributed by atoms with Gasteiger partial charge in [-0.2, -0.15) is 0 Å². The number of para-hydroxylation sites is 1. The Labute approximate surface area is 123 Å². The van der Waals surface area contributed by atoms with Gasteiger partial charge in [0.2, 0.25) is 0 Å². The van der Waals surface area contributed by atoms with Crippen molar-refractivity contribution >= 4 is 5.97 Å². The third-order valence-corrected chi connectivity index (χ3v) is 3.40. The molecular weight excluding hydrogens is 268 g/mol. The third kappa shape index (κ3) is 3.99. The summed E-state index contributed by atoms with van der Waals surface area (Å²) in [6.07, 6.45) is 0.747. The molecule has 110 valence electrons. The van der Waals surface area contributed by atoms with Crippen LogP contribution in [0.15, 0.2) is 48.5 Å². The van der Waals surface area contributed by atoms with Crippen molar-refractivity contribution in [3.63, 3.8) is 0 Å². The first-order valence-corrected chi connectivity index (χ1v) is 6.72. The highest BCUT2D eigenvalue weighted by Gasteiger charge is 2.20. The molecule has 4 heteroatoms. The Hall–Kier alpha value is -2.49. The minimum Gasteiger partial charge on any atom is -0.508 e. The fraction of sp³-hybridized carbons (Fsp3) is 0.235. The molecule has 0 aliphatic rings. The van der Waals surface area contributed by atoms with E-state index in [0.717, 1.165) is 11.1 Å². The first-order valence-electron chi connectivity index (χ1n) is 6.72. The van der Waals surface area contributed by atoms with Crippen LogP contribution in [0, 0.1) is 5.92 Å². The van der Waals surface area contributed by atoms with Gasteiger partial charge in [0.15, 0.2) is 0 Å². The topological polar surface area (TPSA) is 66.8 Å². The van der Waals surface area contributed by atoms with E-state index in [2.05, 4.69) is 0 Å². The van der Waals surface area contributed by atoms with E-state index in [9.17, 15) is 15.0 Å². The second-order valence-electron chi connectivity index (χ2n) is 4.93. The number of carbonyl (C=O) groups is 1. The number of methoxy groups -OCH3 is 1. The number of ether oxygens (including phenoxy) is 1. The van der Waals surface area contributed by atoms with Gasteiger partial charge < -0.3 is 14.9 Å². The highest BCUT2D eigenvalue weighted by molar-refractivity contribution is 5.71. The fourth-order valence-corrected chi connectivity index (χ4v) is 2.35. The van der Waals surface area contributed by atoms with Crippen LogP contribution < -0.4 is 4.74 Å². The van der Waals surface area contributed by atoms with Crippen LogP contribution >= 0.6 is 0 Å². The number of aliphatic carboxylic acids is 1. The van der Waals surface area contributed by atoms with Crippen molar-refractivity contribution in [3.05, 3.63) is 59.7 Å². The molecule has 2 rings (SSSR count). The minimum atomic E-state index is -0.857. The van der Waals surface area contributed by atoms with Crippen molar-refractivity contribution in [1.29, 1.82) is 0 Å².